The van der Waals surface area contributed by atoms with Crippen LogP contribution in [0.3, 0.4) is 0 Å². The molecule has 1 N–H and O–H groups in total. The van der Waals surface area contributed by atoms with Crippen molar-refractivity contribution in [3.05, 3.63) is 65.7 Å². The Bertz CT molecular complexity index is 879. The summed E-state index contributed by atoms with van der Waals surface area (Å²) in [6.45, 7) is 2.40. The fourth-order valence-electron chi connectivity index (χ4n) is 3.61. The van der Waals surface area contributed by atoms with Crippen LogP contribution in [-0.4, -0.2) is 45.9 Å². The Balaban J connectivity index is 1.74. The van der Waals surface area contributed by atoms with E-state index in [-0.39, 0.29) is 11.7 Å². The summed E-state index contributed by atoms with van der Waals surface area (Å²) < 4.78 is 25.2. The van der Waals surface area contributed by atoms with Crippen LogP contribution in [0.5, 0.6) is 0 Å². The third-order valence-electron chi connectivity index (χ3n) is 4.93. The van der Waals surface area contributed by atoms with Gasteiger partial charge in [-0.25, -0.2) is 8.42 Å². The number of hydrogen-bond donors (Lipinski definition) is 1. The van der Waals surface area contributed by atoms with E-state index in [4.69, 9.17) is 0 Å². The highest BCUT2D eigenvalue weighted by Gasteiger charge is 2.24. The molecule has 1 unspecified atom stereocenters. The van der Waals surface area contributed by atoms with Gasteiger partial charge in [0, 0.05) is 18.7 Å². The van der Waals surface area contributed by atoms with E-state index in [9.17, 15) is 13.2 Å². The van der Waals surface area contributed by atoms with Crippen LogP contribution in [-0.2, 0) is 15.6 Å². The van der Waals surface area contributed by atoms with Crippen LogP contribution < -0.4 is 5.32 Å². The Hall–Kier alpha value is -2.18. The van der Waals surface area contributed by atoms with E-state index in [2.05, 4.69) is 5.32 Å². The smallest absolute Gasteiger partial charge is 0.253 e. The molecule has 2 aromatic rings. The number of nitrogens with zero attached hydrogens (tertiary/aromatic N) is 1. The second-order valence-electron chi connectivity index (χ2n) is 7.09. The maximum absolute atomic E-state index is 12.9. The van der Waals surface area contributed by atoms with E-state index < -0.39 is 9.84 Å². The molecule has 2 aromatic carbocycles. The van der Waals surface area contributed by atoms with Gasteiger partial charge >= 0.3 is 0 Å². The molecular formula is C21H26N2O3S. The van der Waals surface area contributed by atoms with Gasteiger partial charge in [0.25, 0.3) is 5.91 Å². The first kappa shape index (κ1) is 19.6. The van der Waals surface area contributed by atoms with Gasteiger partial charge in [-0.3, -0.25) is 4.79 Å². The lowest BCUT2D eigenvalue weighted by atomic mass is 9.97. The van der Waals surface area contributed by atoms with Gasteiger partial charge in [0.2, 0.25) is 0 Å². The minimum absolute atomic E-state index is 0.0187. The van der Waals surface area contributed by atoms with Crippen molar-refractivity contribution in [1.82, 2.24) is 10.2 Å². The Morgan fingerprint density at radius 2 is 1.93 bits per heavy atom. The van der Waals surface area contributed by atoms with Crippen molar-refractivity contribution >= 4 is 15.7 Å². The Morgan fingerprint density at radius 3 is 2.67 bits per heavy atom. The number of nitrogens with one attached hydrogen (secondary N) is 1. The van der Waals surface area contributed by atoms with Crippen molar-refractivity contribution in [3.8, 4) is 0 Å². The third-order valence-corrected chi connectivity index (χ3v) is 6.64. The van der Waals surface area contributed by atoms with Gasteiger partial charge in [0.15, 0.2) is 9.84 Å². The lowest BCUT2D eigenvalue weighted by Gasteiger charge is -2.32. The van der Waals surface area contributed by atoms with Crippen molar-refractivity contribution in [3.63, 3.8) is 0 Å². The second-order valence-corrected chi connectivity index (χ2v) is 9.08. The summed E-state index contributed by atoms with van der Waals surface area (Å²) >= 11 is 0. The van der Waals surface area contributed by atoms with Crippen molar-refractivity contribution in [2.75, 3.05) is 26.7 Å². The molecule has 3 rings (SSSR count). The number of hydrogen-bond acceptors (Lipinski definition) is 4. The molecule has 1 aliphatic heterocycles. The van der Waals surface area contributed by atoms with Gasteiger partial charge in [0.1, 0.15) is 0 Å². The second kappa shape index (κ2) is 8.67. The standard InChI is InChI=1S/C21H26N2O3S/c1-22-14-18-8-6-12-23(15-18)21(24)19-9-5-7-17(13-19)16-27(25,26)20-10-3-2-4-11-20/h2-5,7,9-11,13,18,22H,6,8,12,14-16H2,1H3. The molecule has 0 aromatic heterocycles. The van der Waals surface area contributed by atoms with E-state index in [1.165, 1.54) is 0 Å². The molecular weight excluding hydrogens is 360 g/mol. The minimum Gasteiger partial charge on any atom is -0.338 e. The average Bonchev–Trinajstić information content (AvgIpc) is 2.68. The monoisotopic (exact) mass is 386 g/mol. The fraction of sp³-hybridized carbons (Fsp3) is 0.381. The van der Waals surface area contributed by atoms with Crippen LogP contribution >= 0.6 is 0 Å². The van der Waals surface area contributed by atoms with Crippen molar-refractivity contribution in [2.45, 2.75) is 23.5 Å². The first-order valence-electron chi connectivity index (χ1n) is 9.30. The van der Waals surface area contributed by atoms with Crippen LogP contribution in [0.2, 0.25) is 0 Å². The van der Waals surface area contributed by atoms with Crippen LogP contribution in [0, 0.1) is 5.92 Å². The summed E-state index contributed by atoms with van der Waals surface area (Å²) in [7, 11) is -1.50. The maximum atomic E-state index is 12.9. The predicted octanol–water partition coefficient (Wildman–Crippen LogP) is 2.73. The zero-order valence-corrected chi connectivity index (χ0v) is 16.4. The molecule has 0 saturated carbocycles. The molecule has 1 fully saturated rings. The van der Waals surface area contributed by atoms with Gasteiger partial charge in [-0.2, -0.15) is 0 Å². The summed E-state index contributed by atoms with van der Waals surface area (Å²) in [5.41, 5.74) is 1.19. The fourth-order valence-corrected chi connectivity index (χ4v) is 4.97. The highest BCUT2D eigenvalue weighted by Crippen LogP contribution is 2.20. The van der Waals surface area contributed by atoms with Crippen LogP contribution in [0.25, 0.3) is 0 Å². The molecule has 27 heavy (non-hydrogen) atoms. The summed E-state index contributed by atoms with van der Waals surface area (Å²) in [4.78, 5) is 15.1. The number of benzene rings is 2. The van der Waals surface area contributed by atoms with Gasteiger partial charge in [-0.15, -0.1) is 0 Å². The highest BCUT2D eigenvalue weighted by molar-refractivity contribution is 7.90. The first-order valence-corrected chi connectivity index (χ1v) is 11.0. The lowest BCUT2D eigenvalue weighted by molar-refractivity contribution is 0.0674. The quantitative estimate of drug-likeness (QED) is 0.829. The zero-order valence-electron chi connectivity index (χ0n) is 15.6. The first-order chi connectivity index (χ1) is 13.0. The summed E-state index contributed by atoms with van der Waals surface area (Å²) in [5.74, 6) is 0.338. The molecule has 1 aliphatic rings. The summed E-state index contributed by atoms with van der Waals surface area (Å²) in [6.07, 6.45) is 2.13. The summed E-state index contributed by atoms with van der Waals surface area (Å²) in [5, 5.41) is 3.18. The largest absolute Gasteiger partial charge is 0.338 e. The van der Waals surface area contributed by atoms with E-state index >= 15 is 0 Å². The number of carbonyl (C=O) groups excluding carboxylic acids is 1. The van der Waals surface area contributed by atoms with Gasteiger partial charge in [-0.1, -0.05) is 30.3 Å². The third kappa shape index (κ3) is 4.96. The normalized spacial score (nSPS) is 17.7. The Labute approximate surface area is 161 Å². The molecule has 144 valence electrons. The van der Waals surface area contributed by atoms with E-state index in [0.29, 0.717) is 21.9 Å². The highest BCUT2D eigenvalue weighted by atomic mass is 32.2. The molecule has 0 radical (unpaired) electrons. The topological polar surface area (TPSA) is 66.5 Å². The molecule has 0 spiro atoms. The molecule has 1 amide bonds. The molecule has 1 atom stereocenters. The number of rotatable bonds is 6. The molecule has 0 aliphatic carbocycles. The SMILES string of the molecule is CNCC1CCCN(C(=O)c2cccc(CS(=O)(=O)c3ccccc3)c2)C1. The van der Waals surface area contributed by atoms with E-state index in [1.807, 2.05) is 11.9 Å². The molecule has 5 nitrogen and oxygen atoms in total. The predicted molar refractivity (Wildman–Crippen MR) is 106 cm³/mol. The van der Waals surface area contributed by atoms with E-state index in [0.717, 1.165) is 32.5 Å². The van der Waals surface area contributed by atoms with Crippen LogP contribution in [0.4, 0.5) is 0 Å². The number of amides is 1. The Kier molecular flexibility index (Phi) is 6.29. The van der Waals surface area contributed by atoms with Gasteiger partial charge in [0.05, 0.1) is 10.6 Å². The van der Waals surface area contributed by atoms with Gasteiger partial charge in [-0.05, 0) is 62.2 Å². The number of likely N-dealkylation sites (tertiary alicyclic amines) is 1. The Morgan fingerprint density at radius 1 is 1.15 bits per heavy atom. The van der Waals surface area contributed by atoms with Crippen molar-refractivity contribution in [2.24, 2.45) is 5.92 Å². The van der Waals surface area contributed by atoms with Crippen molar-refractivity contribution in [1.29, 1.82) is 0 Å². The molecule has 1 saturated heterocycles. The molecule has 1 heterocycles. The zero-order chi connectivity index (χ0) is 19.3. The maximum Gasteiger partial charge on any atom is 0.253 e. The van der Waals surface area contributed by atoms with Gasteiger partial charge < -0.3 is 10.2 Å². The number of sulfone groups is 1. The van der Waals surface area contributed by atoms with E-state index in [1.54, 1.807) is 54.6 Å². The lowest BCUT2D eigenvalue weighted by Crippen LogP contribution is -2.42. The molecule has 0 bridgehead atoms. The average molecular weight is 387 g/mol. The summed E-state index contributed by atoms with van der Waals surface area (Å²) in [6, 6.07) is 15.4. The van der Waals surface area contributed by atoms with Crippen molar-refractivity contribution < 1.29 is 13.2 Å². The van der Waals surface area contributed by atoms with Crippen LogP contribution in [0.15, 0.2) is 59.5 Å². The molecule has 6 heteroatoms. The minimum atomic E-state index is -3.43. The number of piperidine rings is 1. The van der Waals surface area contributed by atoms with Crippen LogP contribution in [0.1, 0.15) is 28.8 Å². The number of carbonyl (C=O) groups is 1.